The third kappa shape index (κ3) is 2.23. The van der Waals surface area contributed by atoms with Crippen LogP contribution in [0.15, 0.2) is 0 Å². The molecule has 1 aliphatic heterocycles. The quantitative estimate of drug-likeness (QED) is 0.541. The molecule has 0 aliphatic carbocycles. The number of amides is 2. The van der Waals surface area contributed by atoms with Gasteiger partial charge in [-0.15, -0.1) is 0 Å². The van der Waals surface area contributed by atoms with E-state index in [4.69, 9.17) is 5.73 Å². The van der Waals surface area contributed by atoms with Gasteiger partial charge in [-0.05, 0) is 5.92 Å². The van der Waals surface area contributed by atoms with Crippen molar-refractivity contribution in [3.05, 3.63) is 0 Å². The molecular formula is C11H18N2O4. The van der Waals surface area contributed by atoms with Crippen molar-refractivity contribution in [2.75, 3.05) is 7.11 Å². The van der Waals surface area contributed by atoms with E-state index in [2.05, 4.69) is 4.84 Å². The minimum absolute atomic E-state index is 0.0748. The number of ketones is 1. The minimum Gasteiger partial charge on any atom is -0.321 e. The summed E-state index contributed by atoms with van der Waals surface area (Å²) in [5.74, 6) is -3.31. The van der Waals surface area contributed by atoms with Crippen molar-refractivity contribution in [1.82, 2.24) is 5.06 Å². The first-order valence-electron chi connectivity index (χ1n) is 5.54. The number of hydroxylamine groups is 2. The van der Waals surface area contributed by atoms with Crippen molar-refractivity contribution in [3.63, 3.8) is 0 Å². The summed E-state index contributed by atoms with van der Waals surface area (Å²) in [7, 11) is 1.22. The molecule has 0 bridgehead atoms. The third-order valence-electron chi connectivity index (χ3n) is 3.09. The summed E-state index contributed by atoms with van der Waals surface area (Å²) in [5.41, 5.74) is 5.72. The Morgan fingerprint density at radius 2 is 1.88 bits per heavy atom. The van der Waals surface area contributed by atoms with E-state index >= 15 is 0 Å². The SMILES string of the molecule is CON1C(=O)[C@@H](C(=O)[C@@H](N)C(C)C)[C@H](C)C1=O. The molecular weight excluding hydrogens is 224 g/mol. The van der Waals surface area contributed by atoms with Crippen LogP contribution in [0.1, 0.15) is 20.8 Å². The van der Waals surface area contributed by atoms with Crippen LogP contribution in [-0.2, 0) is 19.2 Å². The Balaban J connectivity index is 2.96. The monoisotopic (exact) mass is 242 g/mol. The van der Waals surface area contributed by atoms with Gasteiger partial charge in [-0.2, -0.15) is 5.06 Å². The van der Waals surface area contributed by atoms with Crippen LogP contribution in [0.2, 0.25) is 0 Å². The zero-order chi connectivity index (χ0) is 13.3. The van der Waals surface area contributed by atoms with Crippen molar-refractivity contribution in [2.45, 2.75) is 26.8 Å². The summed E-state index contributed by atoms with van der Waals surface area (Å²) < 4.78 is 0. The van der Waals surface area contributed by atoms with Gasteiger partial charge >= 0.3 is 0 Å². The van der Waals surface area contributed by atoms with Crippen LogP contribution in [-0.4, -0.2) is 35.8 Å². The van der Waals surface area contributed by atoms with E-state index in [1.807, 2.05) is 0 Å². The maximum Gasteiger partial charge on any atom is 0.264 e. The molecule has 1 saturated heterocycles. The highest BCUT2D eigenvalue weighted by Crippen LogP contribution is 2.28. The van der Waals surface area contributed by atoms with Gasteiger partial charge in [0.15, 0.2) is 5.78 Å². The lowest BCUT2D eigenvalue weighted by Crippen LogP contribution is -2.43. The van der Waals surface area contributed by atoms with E-state index in [9.17, 15) is 14.4 Å². The maximum atomic E-state index is 12.0. The molecule has 0 aromatic rings. The smallest absolute Gasteiger partial charge is 0.264 e. The molecule has 1 aliphatic rings. The van der Waals surface area contributed by atoms with E-state index in [-0.39, 0.29) is 5.92 Å². The molecule has 0 aromatic heterocycles. The molecule has 0 saturated carbocycles. The summed E-state index contributed by atoms with van der Waals surface area (Å²) in [4.78, 5) is 40.2. The number of carbonyl (C=O) groups is 3. The van der Waals surface area contributed by atoms with Crippen molar-refractivity contribution >= 4 is 17.6 Å². The van der Waals surface area contributed by atoms with E-state index in [1.165, 1.54) is 14.0 Å². The highest BCUT2D eigenvalue weighted by molar-refractivity contribution is 6.15. The first-order chi connectivity index (χ1) is 7.82. The molecule has 3 atom stereocenters. The standard InChI is InChI=1S/C11H18N2O4/c1-5(2)8(12)9(14)7-6(3)10(15)13(17-4)11(7)16/h5-8H,12H2,1-4H3/t6-,7+,8-/m0/s1. The van der Waals surface area contributed by atoms with Crippen LogP contribution in [0, 0.1) is 17.8 Å². The van der Waals surface area contributed by atoms with E-state index < -0.39 is 35.5 Å². The summed E-state index contributed by atoms with van der Waals surface area (Å²) in [6.07, 6.45) is 0. The van der Waals surface area contributed by atoms with Gasteiger partial charge in [0.1, 0.15) is 5.92 Å². The zero-order valence-corrected chi connectivity index (χ0v) is 10.5. The Hall–Kier alpha value is -1.27. The van der Waals surface area contributed by atoms with Crippen LogP contribution in [0.3, 0.4) is 0 Å². The third-order valence-corrected chi connectivity index (χ3v) is 3.09. The Labute approximate surface area is 100 Å². The van der Waals surface area contributed by atoms with E-state index in [1.54, 1.807) is 13.8 Å². The fourth-order valence-electron chi connectivity index (χ4n) is 1.86. The minimum atomic E-state index is -1.01. The molecule has 0 spiro atoms. The summed E-state index contributed by atoms with van der Waals surface area (Å²) >= 11 is 0. The van der Waals surface area contributed by atoms with Crippen LogP contribution < -0.4 is 5.73 Å². The predicted octanol–water partition coefficient (Wildman–Crippen LogP) is -0.279. The van der Waals surface area contributed by atoms with Crippen molar-refractivity contribution in [1.29, 1.82) is 0 Å². The van der Waals surface area contributed by atoms with Gasteiger partial charge < -0.3 is 5.73 Å². The highest BCUT2D eigenvalue weighted by atomic mass is 16.7. The fourth-order valence-corrected chi connectivity index (χ4v) is 1.86. The molecule has 0 unspecified atom stereocenters. The molecule has 1 fully saturated rings. The number of imide groups is 1. The topological polar surface area (TPSA) is 89.7 Å². The lowest BCUT2D eigenvalue weighted by molar-refractivity contribution is -0.181. The van der Waals surface area contributed by atoms with Gasteiger partial charge in [0.25, 0.3) is 11.8 Å². The zero-order valence-electron chi connectivity index (χ0n) is 10.5. The van der Waals surface area contributed by atoms with Gasteiger partial charge in [-0.3, -0.25) is 19.2 Å². The van der Waals surface area contributed by atoms with E-state index in [0.29, 0.717) is 5.06 Å². The normalized spacial score (nSPS) is 26.8. The molecule has 17 heavy (non-hydrogen) atoms. The van der Waals surface area contributed by atoms with E-state index in [0.717, 1.165) is 0 Å². The Kier molecular flexibility index (Phi) is 4.00. The van der Waals surface area contributed by atoms with Crippen LogP contribution in [0.4, 0.5) is 0 Å². The number of nitrogens with zero attached hydrogens (tertiary/aromatic N) is 1. The lowest BCUT2D eigenvalue weighted by Gasteiger charge is -2.18. The number of hydrogen-bond acceptors (Lipinski definition) is 5. The molecule has 2 N–H and O–H groups in total. The van der Waals surface area contributed by atoms with Crippen molar-refractivity contribution in [2.24, 2.45) is 23.5 Å². The summed E-state index contributed by atoms with van der Waals surface area (Å²) in [5, 5.41) is 0.639. The largest absolute Gasteiger partial charge is 0.321 e. The molecule has 6 nitrogen and oxygen atoms in total. The average molecular weight is 242 g/mol. The Morgan fingerprint density at radius 3 is 2.24 bits per heavy atom. The number of carbonyl (C=O) groups excluding carboxylic acids is 3. The molecule has 1 heterocycles. The second kappa shape index (κ2) is 4.93. The fraction of sp³-hybridized carbons (Fsp3) is 0.727. The van der Waals surface area contributed by atoms with Crippen molar-refractivity contribution in [3.8, 4) is 0 Å². The average Bonchev–Trinajstić information content (AvgIpc) is 2.48. The van der Waals surface area contributed by atoms with Gasteiger partial charge in [0.2, 0.25) is 0 Å². The number of hydrogen-bond donors (Lipinski definition) is 1. The van der Waals surface area contributed by atoms with Gasteiger partial charge in [0, 0.05) is 0 Å². The first kappa shape index (κ1) is 13.8. The second-order valence-corrected chi connectivity index (χ2v) is 4.59. The highest BCUT2D eigenvalue weighted by Gasteiger charge is 2.50. The molecule has 1 rings (SSSR count). The number of Topliss-reactive ketones (excluding diaryl/α,β-unsaturated/α-hetero) is 1. The van der Waals surface area contributed by atoms with Crippen molar-refractivity contribution < 1.29 is 19.2 Å². The summed E-state index contributed by atoms with van der Waals surface area (Å²) in [6.45, 7) is 5.13. The van der Waals surface area contributed by atoms with Crippen LogP contribution in [0.5, 0.6) is 0 Å². The molecule has 0 radical (unpaired) electrons. The maximum absolute atomic E-state index is 12.0. The number of nitrogens with two attached hydrogens (primary N) is 1. The Morgan fingerprint density at radius 1 is 1.35 bits per heavy atom. The predicted molar refractivity (Wildman–Crippen MR) is 59.3 cm³/mol. The first-order valence-corrected chi connectivity index (χ1v) is 5.54. The molecule has 6 heteroatoms. The van der Waals surface area contributed by atoms with Gasteiger partial charge in [0.05, 0.1) is 19.1 Å². The molecule has 2 amide bonds. The Bertz CT molecular complexity index is 353. The molecule has 0 aromatic carbocycles. The van der Waals surface area contributed by atoms with Gasteiger partial charge in [-0.1, -0.05) is 20.8 Å². The van der Waals surface area contributed by atoms with Crippen LogP contribution >= 0.6 is 0 Å². The number of rotatable bonds is 4. The molecule has 96 valence electrons. The second-order valence-electron chi connectivity index (χ2n) is 4.59. The lowest BCUT2D eigenvalue weighted by atomic mass is 9.85. The van der Waals surface area contributed by atoms with Gasteiger partial charge in [-0.25, -0.2) is 0 Å². The summed E-state index contributed by atoms with van der Waals surface area (Å²) in [6, 6.07) is -0.740. The van der Waals surface area contributed by atoms with Crippen LogP contribution in [0.25, 0.3) is 0 Å².